The Balaban J connectivity index is 2.57. The number of hydrogen-bond acceptors (Lipinski definition) is 5. The Bertz CT molecular complexity index is 343. The van der Waals surface area contributed by atoms with Gasteiger partial charge in [0, 0.05) is 15.9 Å². The zero-order chi connectivity index (χ0) is 11.5. The van der Waals surface area contributed by atoms with Gasteiger partial charge < -0.3 is 0 Å². The quantitative estimate of drug-likeness (QED) is 0.484. The Morgan fingerprint density at radius 2 is 2.33 bits per heavy atom. The van der Waals surface area contributed by atoms with Gasteiger partial charge in [0.1, 0.15) is 0 Å². The zero-order valence-corrected chi connectivity index (χ0v) is 10.7. The van der Waals surface area contributed by atoms with E-state index in [0.717, 1.165) is 11.4 Å². The molecule has 0 aromatic carbocycles. The van der Waals surface area contributed by atoms with Crippen molar-refractivity contribution in [3.8, 4) is 0 Å². The van der Waals surface area contributed by atoms with Gasteiger partial charge in [-0.2, -0.15) is 0 Å². The second-order valence-electron chi connectivity index (χ2n) is 4.02. The molecule has 4 nitrogen and oxygen atoms in total. The van der Waals surface area contributed by atoms with Gasteiger partial charge in [-0.25, -0.2) is 10.8 Å². The molecule has 15 heavy (non-hydrogen) atoms. The van der Waals surface area contributed by atoms with Gasteiger partial charge in [-0.15, -0.1) is 23.1 Å². The predicted octanol–water partition coefficient (Wildman–Crippen LogP) is 1.78. The van der Waals surface area contributed by atoms with Gasteiger partial charge in [-0.3, -0.25) is 10.2 Å². The third-order valence-electron chi connectivity index (χ3n) is 1.53. The van der Waals surface area contributed by atoms with Crippen molar-refractivity contribution in [1.82, 2.24) is 10.4 Å². The van der Waals surface area contributed by atoms with E-state index in [1.54, 1.807) is 11.8 Å². The maximum Gasteiger partial charge on any atom is 0.294 e. The van der Waals surface area contributed by atoms with Crippen LogP contribution in [0.5, 0.6) is 0 Å². The average Bonchev–Trinajstić information content (AvgIpc) is 2.61. The van der Waals surface area contributed by atoms with Crippen molar-refractivity contribution < 1.29 is 4.79 Å². The lowest BCUT2D eigenvalue weighted by Gasteiger charge is -2.16. The molecular formula is C9H15N3OS2. The second kappa shape index (κ2) is 4.96. The van der Waals surface area contributed by atoms with Gasteiger partial charge in [0.25, 0.3) is 5.91 Å². The van der Waals surface area contributed by atoms with E-state index in [1.807, 2.05) is 5.38 Å². The number of hydrazine groups is 1. The predicted molar refractivity (Wildman–Crippen MR) is 64.8 cm³/mol. The van der Waals surface area contributed by atoms with Gasteiger partial charge >= 0.3 is 0 Å². The summed E-state index contributed by atoms with van der Waals surface area (Å²) in [6.07, 6.45) is 0. The van der Waals surface area contributed by atoms with E-state index < -0.39 is 0 Å². The first-order valence-electron chi connectivity index (χ1n) is 4.51. The molecule has 0 radical (unpaired) electrons. The summed E-state index contributed by atoms with van der Waals surface area (Å²) in [5.74, 6) is 5.51. The van der Waals surface area contributed by atoms with Crippen LogP contribution in [0.3, 0.4) is 0 Å². The van der Waals surface area contributed by atoms with Crippen LogP contribution in [0.4, 0.5) is 0 Å². The van der Waals surface area contributed by atoms with Crippen LogP contribution in [-0.2, 0) is 5.75 Å². The molecule has 0 aliphatic carbocycles. The molecule has 1 amide bonds. The summed E-state index contributed by atoms with van der Waals surface area (Å²) in [5.41, 5.74) is 3.00. The number of aromatic nitrogens is 1. The van der Waals surface area contributed by atoms with Crippen molar-refractivity contribution in [3.63, 3.8) is 0 Å². The molecule has 0 spiro atoms. The second-order valence-corrected chi connectivity index (χ2v) is 6.68. The maximum absolute atomic E-state index is 11.1. The van der Waals surface area contributed by atoms with E-state index in [4.69, 9.17) is 5.84 Å². The molecule has 0 saturated heterocycles. The number of nitrogens with one attached hydrogen (secondary N) is 1. The fourth-order valence-electron chi connectivity index (χ4n) is 0.830. The highest BCUT2D eigenvalue weighted by Gasteiger charge is 2.13. The maximum atomic E-state index is 11.1. The molecule has 84 valence electrons. The number of nitrogen functional groups attached to an aromatic ring is 1. The van der Waals surface area contributed by atoms with Crippen LogP contribution in [0.25, 0.3) is 0 Å². The smallest absolute Gasteiger partial charge is 0.288 e. The van der Waals surface area contributed by atoms with Gasteiger partial charge in [-0.1, -0.05) is 20.8 Å². The summed E-state index contributed by atoms with van der Waals surface area (Å²) in [6.45, 7) is 6.45. The number of thioether (sulfide) groups is 1. The number of thiazole rings is 1. The number of carbonyl (C=O) groups excluding carboxylic acids is 1. The number of carbonyl (C=O) groups is 1. The van der Waals surface area contributed by atoms with E-state index in [0.29, 0.717) is 5.01 Å². The number of hydrogen-bond donors (Lipinski definition) is 2. The van der Waals surface area contributed by atoms with Gasteiger partial charge in [0.2, 0.25) is 0 Å². The van der Waals surface area contributed by atoms with E-state index in [1.165, 1.54) is 11.3 Å². The summed E-state index contributed by atoms with van der Waals surface area (Å²) < 4.78 is 0.208. The fourth-order valence-corrected chi connectivity index (χ4v) is 2.38. The van der Waals surface area contributed by atoms with Crippen LogP contribution in [0, 0.1) is 0 Å². The summed E-state index contributed by atoms with van der Waals surface area (Å²) in [5, 5.41) is 2.31. The standard InChI is InChI=1S/C9H15N3OS2/c1-9(2,3)15-5-6-4-14-8(11-6)7(13)12-10/h4H,5,10H2,1-3H3,(H,12,13). The summed E-state index contributed by atoms with van der Waals surface area (Å²) in [6, 6.07) is 0. The van der Waals surface area contributed by atoms with Crippen molar-refractivity contribution in [2.24, 2.45) is 5.84 Å². The Hall–Kier alpha value is -0.590. The van der Waals surface area contributed by atoms with E-state index in [2.05, 4.69) is 31.2 Å². The molecule has 0 fully saturated rings. The van der Waals surface area contributed by atoms with Crippen LogP contribution < -0.4 is 11.3 Å². The zero-order valence-electron chi connectivity index (χ0n) is 9.03. The number of nitrogens with two attached hydrogens (primary N) is 1. The molecule has 0 saturated carbocycles. The average molecular weight is 245 g/mol. The van der Waals surface area contributed by atoms with Crippen molar-refractivity contribution >= 4 is 29.0 Å². The lowest BCUT2D eigenvalue weighted by molar-refractivity contribution is 0.0953. The van der Waals surface area contributed by atoms with Crippen LogP contribution in [0.1, 0.15) is 36.3 Å². The Morgan fingerprint density at radius 1 is 1.67 bits per heavy atom. The molecule has 0 aliphatic rings. The minimum absolute atomic E-state index is 0.208. The van der Waals surface area contributed by atoms with Gasteiger partial charge in [0.05, 0.1) is 5.69 Å². The highest BCUT2D eigenvalue weighted by atomic mass is 32.2. The van der Waals surface area contributed by atoms with Crippen molar-refractivity contribution in [2.75, 3.05) is 0 Å². The molecule has 0 aliphatic heterocycles. The summed E-state index contributed by atoms with van der Waals surface area (Å²) >= 11 is 3.12. The van der Waals surface area contributed by atoms with Gasteiger partial charge in [0.15, 0.2) is 5.01 Å². The molecule has 0 bridgehead atoms. The molecule has 1 aromatic heterocycles. The van der Waals surface area contributed by atoms with Crippen LogP contribution >= 0.6 is 23.1 Å². The summed E-state index contributed by atoms with van der Waals surface area (Å²) in [7, 11) is 0. The summed E-state index contributed by atoms with van der Waals surface area (Å²) in [4.78, 5) is 15.3. The van der Waals surface area contributed by atoms with Crippen LogP contribution in [0.2, 0.25) is 0 Å². The lowest BCUT2D eigenvalue weighted by atomic mass is 10.3. The molecule has 0 atom stereocenters. The molecule has 1 rings (SSSR count). The molecule has 1 heterocycles. The third-order valence-corrected chi connectivity index (χ3v) is 3.73. The van der Waals surface area contributed by atoms with Crippen LogP contribution in [-0.4, -0.2) is 15.6 Å². The van der Waals surface area contributed by atoms with Crippen molar-refractivity contribution in [1.29, 1.82) is 0 Å². The molecule has 3 N–H and O–H groups in total. The highest BCUT2D eigenvalue weighted by molar-refractivity contribution is 7.99. The van der Waals surface area contributed by atoms with Gasteiger partial charge in [-0.05, 0) is 0 Å². The van der Waals surface area contributed by atoms with E-state index in [9.17, 15) is 4.79 Å². The molecule has 0 unspecified atom stereocenters. The Morgan fingerprint density at radius 3 is 2.87 bits per heavy atom. The van der Waals surface area contributed by atoms with E-state index >= 15 is 0 Å². The molecule has 1 aromatic rings. The number of nitrogens with zero attached hydrogens (tertiary/aromatic N) is 1. The minimum atomic E-state index is -0.327. The normalized spacial score (nSPS) is 11.5. The first-order chi connectivity index (χ1) is 6.92. The van der Waals surface area contributed by atoms with Crippen molar-refractivity contribution in [3.05, 3.63) is 16.1 Å². The topological polar surface area (TPSA) is 68.0 Å². The Kier molecular flexibility index (Phi) is 4.12. The monoisotopic (exact) mass is 245 g/mol. The fraction of sp³-hybridized carbons (Fsp3) is 0.556. The van der Waals surface area contributed by atoms with E-state index in [-0.39, 0.29) is 10.7 Å². The Labute approximate surface area is 97.6 Å². The SMILES string of the molecule is CC(C)(C)SCc1csc(C(=O)NN)n1. The first-order valence-corrected chi connectivity index (χ1v) is 6.38. The van der Waals surface area contributed by atoms with Crippen LogP contribution in [0.15, 0.2) is 5.38 Å². The number of rotatable bonds is 3. The molecular weight excluding hydrogens is 230 g/mol. The lowest BCUT2D eigenvalue weighted by Crippen LogP contribution is -2.29. The first kappa shape index (κ1) is 12.5. The third kappa shape index (κ3) is 4.19. The highest BCUT2D eigenvalue weighted by Crippen LogP contribution is 2.27. The van der Waals surface area contributed by atoms with Crippen molar-refractivity contribution in [2.45, 2.75) is 31.3 Å². The minimum Gasteiger partial charge on any atom is -0.288 e. The largest absolute Gasteiger partial charge is 0.294 e. The number of amides is 1. The molecule has 6 heteroatoms.